The van der Waals surface area contributed by atoms with Gasteiger partial charge in [0.05, 0.1) is 18.2 Å². The minimum Gasteiger partial charge on any atom is -0.399 e. The maximum atomic E-state index is 13.9. The number of nitrogens with two attached hydrogens (primary N) is 1. The molecule has 1 aliphatic carbocycles. The molecule has 2 aliphatic rings. The highest BCUT2D eigenvalue weighted by atomic mass is 16.3. The van der Waals surface area contributed by atoms with Gasteiger partial charge >= 0.3 is 0 Å². The third-order valence-corrected chi connectivity index (χ3v) is 9.57. The third-order valence-electron chi connectivity index (χ3n) is 9.57. The Hall–Kier alpha value is -4.46. The summed E-state index contributed by atoms with van der Waals surface area (Å²) in [5.74, 6) is -0.921. The maximum absolute atomic E-state index is 13.9. The van der Waals surface area contributed by atoms with Gasteiger partial charge in [-0.2, -0.15) is 0 Å². The Bertz CT molecular complexity index is 1610. The Morgan fingerprint density at radius 2 is 1.48 bits per heavy atom. The molecule has 0 saturated carbocycles. The summed E-state index contributed by atoms with van der Waals surface area (Å²) in [5, 5.41) is 25.5. The molecule has 238 valence electrons. The number of rotatable bonds is 12. The number of likely N-dealkylation sites (tertiary alicyclic amines) is 1. The van der Waals surface area contributed by atoms with E-state index in [-0.39, 0.29) is 36.7 Å². The van der Waals surface area contributed by atoms with Crippen molar-refractivity contribution in [1.29, 1.82) is 0 Å². The number of β-amino-alcohol motifs (C(OH)–C–C–N with tert-alkyl or cyclic N) is 1. The minimum absolute atomic E-state index is 0.0338. The summed E-state index contributed by atoms with van der Waals surface area (Å²) in [6.07, 6.45) is 1.51. The maximum Gasteiger partial charge on any atom is 0.226 e. The molecule has 1 saturated heterocycles. The average molecular weight is 618 g/mol. The number of carbonyl (C=O) groups excluding carboxylic acids is 2. The number of benzene rings is 4. The van der Waals surface area contributed by atoms with E-state index in [1.807, 2.05) is 102 Å². The molecule has 1 fully saturated rings. The second-order valence-corrected chi connectivity index (χ2v) is 12.9. The molecule has 6 atom stereocenters. The number of nitrogens with zero attached hydrogens (tertiary/aromatic N) is 1. The summed E-state index contributed by atoms with van der Waals surface area (Å²) in [6, 6.07) is 34.8. The van der Waals surface area contributed by atoms with Crippen LogP contribution in [0.2, 0.25) is 0 Å². The van der Waals surface area contributed by atoms with E-state index < -0.39 is 24.2 Å². The van der Waals surface area contributed by atoms with Crippen molar-refractivity contribution in [1.82, 2.24) is 10.2 Å². The van der Waals surface area contributed by atoms with Crippen molar-refractivity contribution < 1.29 is 19.8 Å². The van der Waals surface area contributed by atoms with Crippen molar-refractivity contribution in [3.8, 4) is 0 Å². The first-order chi connectivity index (χ1) is 22.3. The van der Waals surface area contributed by atoms with Crippen LogP contribution in [0.1, 0.15) is 46.7 Å². The molecule has 1 heterocycles. The molecule has 0 aromatic heterocycles. The largest absolute Gasteiger partial charge is 0.399 e. The molecule has 0 radical (unpaired) electrons. The Balaban J connectivity index is 1.18. The number of aliphatic hydroxyl groups is 2. The fraction of sp³-hybridized carbons (Fsp3) is 0.333. The van der Waals surface area contributed by atoms with Crippen molar-refractivity contribution in [2.75, 3.05) is 12.3 Å². The van der Waals surface area contributed by atoms with Crippen LogP contribution in [0.3, 0.4) is 0 Å². The fourth-order valence-electron chi connectivity index (χ4n) is 7.23. The quantitative estimate of drug-likeness (QED) is 0.173. The average Bonchev–Trinajstić information content (AvgIpc) is 3.53. The topological polar surface area (TPSA) is 116 Å². The van der Waals surface area contributed by atoms with Crippen molar-refractivity contribution in [2.45, 2.75) is 62.8 Å². The van der Waals surface area contributed by atoms with Crippen LogP contribution in [0.4, 0.5) is 5.69 Å². The highest BCUT2D eigenvalue weighted by molar-refractivity contribution is 5.82. The van der Waals surface area contributed by atoms with Gasteiger partial charge in [0.25, 0.3) is 0 Å². The molecular weight excluding hydrogens is 574 g/mol. The van der Waals surface area contributed by atoms with E-state index in [1.165, 1.54) is 0 Å². The first-order valence-corrected chi connectivity index (χ1v) is 16.3. The van der Waals surface area contributed by atoms with Crippen LogP contribution < -0.4 is 11.1 Å². The van der Waals surface area contributed by atoms with Gasteiger partial charge in [0.1, 0.15) is 0 Å². The van der Waals surface area contributed by atoms with E-state index >= 15 is 0 Å². The van der Waals surface area contributed by atoms with Gasteiger partial charge in [-0.3, -0.25) is 9.59 Å². The van der Waals surface area contributed by atoms with Gasteiger partial charge in [0, 0.05) is 36.5 Å². The van der Waals surface area contributed by atoms with Crippen LogP contribution in [-0.4, -0.2) is 51.7 Å². The van der Waals surface area contributed by atoms with Gasteiger partial charge in [0.2, 0.25) is 11.8 Å². The van der Waals surface area contributed by atoms with Crippen LogP contribution in [0.5, 0.6) is 0 Å². The number of fused-ring (bicyclic) bond motifs is 1. The minimum atomic E-state index is -0.905. The van der Waals surface area contributed by atoms with E-state index in [0.717, 1.165) is 27.8 Å². The van der Waals surface area contributed by atoms with E-state index in [2.05, 4.69) is 17.4 Å². The molecule has 2 amide bonds. The number of aliphatic hydroxyl groups excluding tert-OH is 2. The lowest BCUT2D eigenvalue weighted by molar-refractivity contribution is -0.133. The van der Waals surface area contributed by atoms with Crippen LogP contribution in [0.15, 0.2) is 109 Å². The number of anilines is 1. The number of nitrogens with one attached hydrogen (secondary N) is 1. The summed E-state index contributed by atoms with van der Waals surface area (Å²) >= 11 is 0. The summed E-state index contributed by atoms with van der Waals surface area (Å²) in [7, 11) is 0. The molecule has 4 aromatic carbocycles. The van der Waals surface area contributed by atoms with E-state index in [4.69, 9.17) is 5.73 Å². The summed E-state index contributed by atoms with van der Waals surface area (Å²) in [4.78, 5) is 29.6. The second kappa shape index (κ2) is 14.3. The monoisotopic (exact) mass is 617 g/mol. The second-order valence-electron chi connectivity index (χ2n) is 12.9. The number of hydrogen-bond donors (Lipinski definition) is 4. The number of amides is 2. The summed E-state index contributed by atoms with van der Waals surface area (Å²) < 4.78 is 0. The molecule has 7 nitrogen and oxygen atoms in total. The lowest BCUT2D eigenvalue weighted by Crippen LogP contribution is -2.43. The SMILES string of the molecule is Nc1ccc(C[C@H]2C[C@H](Cc3ccccc3)N(C[C@@H](O)C[C@H](Cc3ccccc3)C(=O)N[C@H]3c4ccccc4C[C@H]3O)C2=O)cc1. The standard InChI is InChI=1S/C39H43N3O4/c40-32-17-15-28(16-18-32)20-31-22-33(21-27-11-5-2-6-12-27)42(39(31)46)25-34(43)23-30(19-26-9-3-1-4-10-26)38(45)41-37-35-14-8-7-13-29(35)24-36(37)44/h1-18,30-31,33-34,36-37,43-44H,19-25,40H2,(H,41,45)/t30-,31-,33-,34-,36+,37-/m0/s1. The molecule has 6 rings (SSSR count). The molecule has 5 N–H and O–H groups in total. The number of carbonyl (C=O) groups is 2. The van der Waals surface area contributed by atoms with Crippen LogP contribution in [0, 0.1) is 11.8 Å². The molecule has 0 bridgehead atoms. The molecule has 7 heteroatoms. The van der Waals surface area contributed by atoms with Crippen molar-refractivity contribution in [3.05, 3.63) is 137 Å². The molecule has 46 heavy (non-hydrogen) atoms. The van der Waals surface area contributed by atoms with E-state index in [9.17, 15) is 19.8 Å². The Morgan fingerprint density at radius 1 is 0.848 bits per heavy atom. The first kappa shape index (κ1) is 31.5. The Kier molecular flexibility index (Phi) is 9.81. The predicted octanol–water partition coefficient (Wildman–Crippen LogP) is 4.66. The van der Waals surface area contributed by atoms with E-state index in [1.54, 1.807) is 0 Å². The van der Waals surface area contributed by atoms with Gasteiger partial charge in [-0.15, -0.1) is 0 Å². The fourth-order valence-corrected chi connectivity index (χ4v) is 7.23. The Labute approximate surface area is 271 Å². The lowest BCUT2D eigenvalue weighted by Gasteiger charge is -2.29. The summed E-state index contributed by atoms with van der Waals surface area (Å²) in [6.45, 7) is 0.155. The molecule has 0 unspecified atom stereocenters. The first-order valence-electron chi connectivity index (χ1n) is 16.3. The van der Waals surface area contributed by atoms with Crippen LogP contribution in [-0.2, 0) is 35.3 Å². The highest BCUT2D eigenvalue weighted by Crippen LogP contribution is 2.33. The van der Waals surface area contributed by atoms with Crippen LogP contribution >= 0.6 is 0 Å². The molecule has 4 aromatic rings. The lowest BCUT2D eigenvalue weighted by atomic mass is 9.91. The third kappa shape index (κ3) is 7.49. The zero-order valence-electron chi connectivity index (χ0n) is 26.0. The molecule has 0 spiro atoms. The summed E-state index contributed by atoms with van der Waals surface area (Å²) in [5.41, 5.74) is 11.7. The van der Waals surface area contributed by atoms with E-state index in [0.29, 0.717) is 37.8 Å². The van der Waals surface area contributed by atoms with Gasteiger partial charge in [-0.05, 0) is 72.1 Å². The van der Waals surface area contributed by atoms with Crippen molar-refractivity contribution in [2.24, 2.45) is 11.8 Å². The molecule has 1 aliphatic heterocycles. The highest BCUT2D eigenvalue weighted by Gasteiger charge is 2.41. The number of nitrogen functional groups attached to an aromatic ring is 1. The smallest absolute Gasteiger partial charge is 0.226 e. The van der Waals surface area contributed by atoms with Gasteiger partial charge in [-0.25, -0.2) is 0 Å². The van der Waals surface area contributed by atoms with Gasteiger partial charge in [0.15, 0.2) is 0 Å². The Morgan fingerprint density at radius 3 is 2.20 bits per heavy atom. The normalized spacial score (nSPS) is 22.0. The van der Waals surface area contributed by atoms with Crippen molar-refractivity contribution in [3.63, 3.8) is 0 Å². The van der Waals surface area contributed by atoms with Crippen molar-refractivity contribution >= 4 is 17.5 Å². The van der Waals surface area contributed by atoms with Gasteiger partial charge < -0.3 is 26.2 Å². The van der Waals surface area contributed by atoms with Gasteiger partial charge in [-0.1, -0.05) is 97.1 Å². The predicted molar refractivity (Wildman–Crippen MR) is 180 cm³/mol. The van der Waals surface area contributed by atoms with Crippen LogP contribution in [0.25, 0.3) is 0 Å². The molecular formula is C39H43N3O4. The number of hydrogen-bond acceptors (Lipinski definition) is 5. The zero-order valence-corrected chi connectivity index (χ0v) is 26.0. The zero-order chi connectivity index (χ0) is 32.0.